The Kier molecular flexibility index (Phi) is 4.44. The maximum absolute atomic E-state index is 12.9. The van der Waals surface area contributed by atoms with Crippen molar-refractivity contribution in [3.8, 4) is 17.2 Å². The van der Waals surface area contributed by atoms with E-state index in [4.69, 9.17) is 26.4 Å². The number of benzene rings is 2. The highest BCUT2D eigenvalue weighted by Gasteiger charge is 2.21. The lowest BCUT2D eigenvalue weighted by Gasteiger charge is -2.09. The number of hydrogen-bond donors (Lipinski definition) is 2. The van der Waals surface area contributed by atoms with Crippen molar-refractivity contribution in [3.05, 3.63) is 61.1 Å². The molecule has 5 rings (SSSR count). The zero-order valence-corrected chi connectivity index (χ0v) is 17.3. The number of methoxy groups -OCH3 is 1. The summed E-state index contributed by atoms with van der Waals surface area (Å²) in [6, 6.07) is 10.8. The number of hydrogen-bond acceptors (Lipinski definition) is 7. The van der Waals surface area contributed by atoms with Crippen LogP contribution in [0.2, 0.25) is 0 Å². The number of aromatic nitrogens is 2. The van der Waals surface area contributed by atoms with Gasteiger partial charge >= 0.3 is 0 Å². The van der Waals surface area contributed by atoms with Crippen molar-refractivity contribution in [3.63, 3.8) is 0 Å². The largest absolute Gasteiger partial charge is 0.496 e. The Hall–Kier alpha value is -3.37. The Morgan fingerprint density at radius 1 is 1.30 bits per heavy atom. The number of H-pyrrole nitrogens is 1. The lowest BCUT2D eigenvalue weighted by atomic mass is 10.2. The van der Waals surface area contributed by atoms with Gasteiger partial charge in [-0.1, -0.05) is 29.5 Å². The van der Waals surface area contributed by atoms with Crippen molar-refractivity contribution in [2.45, 2.75) is 6.54 Å². The molecule has 4 aromatic rings. The SMILES string of the molecule is COc1ccccc1CNC(=O)c1sc(=S)n2c1[nH]c(=O)c1cc3c(cc12)OCO3. The number of amides is 1. The second-order valence-electron chi connectivity index (χ2n) is 6.55. The number of rotatable bonds is 4. The monoisotopic (exact) mass is 441 g/mol. The zero-order valence-electron chi connectivity index (χ0n) is 15.7. The normalized spacial score (nSPS) is 12.4. The second-order valence-corrected chi connectivity index (χ2v) is 8.20. The first-order valence-electron chi connectivity index (χ1n) is 8.98. The minimum atomic E-state index is -0.338. The molecule has 0 spiro atoms. The van der Waals surface area contributed by atoms with Crippen molar-refractivity contribution in [2.24, 2.45) is 0 Å². The van der Waals surface area contributed by atoms with Crippen LogP contribution in [0, 0.1) is 3.95 Å². The molecule has 30 heavy (non-hydrogen) atoms. The molecule has 1 amide bonds. The first-order chi connectivity index (χ1) is 14.6. The van der Waals surface area contributed by atoms with Crippen LogP contribution in [-0.4, -0.2) is 29.2 Å². The molecule has 10 heteroatoms. The number of thiazole rings is 1. The molecule has 2 aromatic carbocycles. The minimum absolute atomic E-state index is 0.0956. The third-order valence-corrected chi connectivity index (χ3v) is 6.23. The number of carbonyl (C=O) groups excluding carboxylic acids is 1. The van der Waals surface area contributed by atoms with Gasteiger partial charge in [-0.05, 0) is 24.4 Å². The maximum atomic E-state index is 12.9. The smallest absolute Gasteiger partial charge is 0.265 e. The van der Waals surface area contributed by atoms with Crippen LogP contribution in [0.15, 0.2) is 41.2 Å². The van der Waals surface area contributed by atoms with Crippen LogP contribution in [0.5, 0.6) is 17.2 Å². The molecule has 0 saturated heterocycles. The Morgan fingerprint density at radius 2 is 2.07 bits per heavy atom. The summed E-state index contributed by atoms with van der Waals surface area (Å²) in [7, 11) is 1.58. The lowest BCUT2D eigenvalue weighted by Crippen LogP contribution is -2.23. The summed E-state index contributed by atoms with van der Waals surface area (Å²) >= 11 is 6.63. The van der Waals surface area contributed by atoms with Crippen LogP contribution in [0.3, 0.4) is 0 Å². The number of aromatic amines is 1. The predicted molar refractivity (Wildman–Crippen MR) is 115 cm³/mol. The van der Waals surface area contributed by atoms with E-state index in [1.54, 1.807) is 23.6 Å². The minimum Gasteiger partial charge on any atom is -0.496 e. The van der Waals surface area contributed by atoms with Gasteiger partial charge in [0.2, 0.25) is 6.79 Å². The van der Waals surface area contributed by atoms with Crippen LogP contribution < -0.4 is 25.1 Å². The van der Waals surface area contributed by atoms with Crippen LogP contribution in [0.1, 0.15) is 15.2 Å². The van der Waals surface area contributed by atoms with Gasteiger partial charge in [-0.25, -0.2) is 0 Å². The molecular weight excluding hydrogens is 426 g/mol. The molecule has 1 aliphatic rings. The van der Waals surface area contributed by atoms with E-state index in [0.29, 0.717) is 42.6 Å². The van der Waals surface area contributed by atoms with Crippen molar-refractivity contribution < 1.29 is 19.0 Å². The van der Waals surface area contributed by atoms with E-state index < -0.39 is 0 Å². The quantitative estimate of drug-likeness (QED) is 0.472. The van der Waals surface area contributed by atoms with E-state index >= 15 is 0 Å². The molecule has 0 bridgehead atoms. The van der Waals surface area contributed by atoms with Crippen molar-refractivity contribution >= 4 is 46.0 Å². The standard InChI is InChI=1S/C20H15N3O5S2/c1-26-13-5-3-2-4-10(13)8-21-19(25)16-17-22-18(24)11-6-14-15(28-9-27-14)7-12(11)23(17)20(29)30-16/h2-7H,8-9H2,1H3,(H,21,25)(H,22,24). The predicted octanol–water partition coefficient (Wildman–Crippen LogP) is 3.24. The number of fused-ring (bicyclic) bond motifs is 4. The molecule has 3 heterocycles. The molecule has 0 fully saturated rings. The van der Waals surface area contributed by atoms with Gasteiger partial charge in [0, 0.05) is 18.2 Å². The van der Waals surface area contributed by atoms with Gasteiger partial charge in [-0.15, -0.1) is 0 Å². The van der Waals surface area contributed by atoms with Crippen LogP contribution in [-0.2, 0) is 6.54 Å². The van der Waals surface area contributed by atoms with Crippen molar-refractivity contribution in [1.29, 1.82) is 0 Å². The van der Waals surface area contributed by atoms with Crippen LogP contribution in [0.4, 0.5) is 0 Å². The Bertz CT molecular complexity index is 1440. The zero-order chi connectivity index (χ0) is 20.8. The van der Waals surface area contributed by atoms with E-state index in [1.165, 1.54) is 0 Å². The van der Waals surface area contributed by atoms with Gasteiger partial charge in [0.15, 0.2) is 15.5 Å². The third kappa shape index (κ3) is 2.92. The molecule has 2 aromatic heterocycles. The maximum Gasteiger partial charge on any atom is 0.265 e. The highest BCUT2D eigenvalue weighted by atomic mass is 32.1. The van der Waals surface area contributed by atoms with Gasteiger partial charge in [0.05, 0.1) is 18.0 Å². The molecule has 152 valence electrons. The number of para-hydroxylation sites is 1. The van der Waals surface area contributed by atoms with E-state index in [9.17, 15) is 9.59 Å². The highest BCUT2D eigenvalue weighted by molar-refractivity contribution is 7.73. The van der Waals surface area contributed by atoms with E-state index in [2.05, 4.69) is 10.3 Å². The number of nitrogens with one attached hydrogen (secondary N) is 2. The topological polar surface area (TPSA) is 94.1 Å². The summed E-state index contributed by atoms with van der Waals surface area (Å²) in [5.74, 6) is 1.38. The number of carbonyl (C=O) groups is 1. The Morgan fingerprint density at radius 3 is 2.87 bits per heavy atom. The molecule has 2 N–H and O–H groups in total. The summed E-state index contributed by atoms with van der Waals surface area (Å²) < 4.78 is 18.2. The van der Waals surface area contributed by atoms with Gasteiger partial charge in [-0.3, -0.25) is 14.0 Å². The summed E-state index contributed by atoms with van der Waals surface area (Å²) in [6.45, 7) is 0.370. The fourth-order valence-electron chi connectivity index (χ4n) is 3.44. The van der Waals surface area contributed by atoms with Crippen LogP contribution >= 0.6 is 23.6 Å². The van der Waals surface area contributed by atoms with Gasteiger partial charge in [0.1, 0.15) is 16.3 Å². The van der Waals surface area contributed by atoms with Gasteiger partial charge in [-0.2, -0.15) is 0 Å². The molecule has 0 atom stereocenters. The summed E-state index contributed by atoms with van der Waals surface area (Å²) in [5.41, 5.74) is 1.41. The summed E-state index contributed by atoms with van der Waals surface area (Å²) in [4.78, 5) is 28.7. The Balaban J connectivity index is 1.58. The molecule has 8 nitrogen and oxygen atoms in total. The summed E-state index contributed by atoms with van der Waals surface area (Å²) in [5, 5.41) is 3.27. The molecular formula is C20H15N3O5S2. The third-order valence-electron chi connectivity index (χ3n) is 4.86. The van der Waals surface area contributed by atoms with E-state index in [0.717, 1.165) is 16.9 Å². The summed E-state index contributed by atoms with van der Waals surface area (Å²) in [6.07, 6.45) is 0. The van der Waals surface area contributed by atoms with Gasteiger partial charge in [0.25, 0.3) is 11.5 Å². The lowest BCUT2D eigenvalue weighted by molar-refractivity contribution is 0.0956. The van der Waals surface area contributed by atoms with Crippen LogP contribution in [0.25, 0.3) is 16.6 Å². The highest BCUT2D eigenvalue weighted by Crippen LogP contribution is 2.36. The van der Waals surface area contributed by atoms with Crippen molar-refractivity contribution in [1.82, 2.24) is 14.7 Å². The average molecular weight is 441 g/mol. The molecule has 1 aliphatic heterocycles. The fourth-order valence-corrected chi connectivity index (χ4v) is 4.74. The molecule has 0 saturated carbocycles. The average Bonchev–Trinajstić information content (AvgIpc) is 3.34. The molecule has 0 unspecified atom stereocenters. The molecule has 0 aliphatic carbocycles. The Labute approximate surface area is 178 Å². The van der Waals surface area contributed by atoms with E-state index in [-0.39, 0.29) is 24.8 Å². The van der Waals surface area contributed by atoms with E-state index in [1.807, 2.05) is 24.3 Å². The number of ether oxygens (including phenoxy) is 3. The first kappa shape index (κ1) is 18.6. The fraction of sp³-hybridized carbons (Fsp3) is 0.150. The second kappa shape index (κ2) is 7.15. The molecule has 0 radical (unpaired) electrons. The first-order valence-corrected chi connectivity index (χ1v) is 10.2. The van der Waals surface area contributed by atoms with Crippen molar-refractivity contribution in [2.75, 3.05) is 13.9 Å². The number of nitrogens with zero attached hydrogens (tertiary/aromatic N) is 1. The van der Waals surface area contributed by atoms with Gasteiger partial charge < -0.3 is 24.5 Å².